The van der Waals surface area contributed by atoms with Crippen LogP contribution in [0.5, 0.6) is 0 Å². The molecule has 9 aromatic rings. The van der Waals surface area contributed by atoms with Gasteiger partial charge in [-0.3, -0.25) is 0 Å². The van der Waals surface area contributed by atoms with Gasteiger partial charge < -0.3 is 0 Å². The van der Waals surface area contributed by atoms with Gasteiger partial charge in [-0.15, -0.1) is 0 Å². The second-order valence-electron chi connectivity index (χ2n) is 13.9. The zero-order valence-electron chi connectivity index (χ0n) is 29.1. The van der Waals surface area contributed by atoms with Crippen molar-refractivity contribution in [2.45, 2.75) is 15.2 Å². The third-order valence-corrected chi connectivity index (χ3v) is 12.3. The number of rotatable bonds is 4. The minimum atomic E-state index is -0.454. The molecule has 0 saturated heterocycles. The van der Waals surface area contributed by atoms with Crippen LogP contribution in [0.4, 0.5) is 0 Å². The predicted octanol–water partition coefficient (Wildman–Crippen LogP) is 12.5. The zero-order valence-corrected chi connectivity index (χ0v) is 30.0. The molecular formula is C50H31N3S. The van der Waals surface area contributed by atoms with Gasteiger partial charge in [0.2, 0.25) is 0 Å². The quantitative estimate of drug-likeness (QED) is 0.183. The van der Waals surface area contributed by atoms with Gasteiger partial charge in [0.15, 0.2) is 17.5 Å². The number of fused-ring (bicyclic) bond motifs is 10. The van der Waals surface area contributed by atoms with Crippen molar-refractivity contribution in [1.82, 2.24) is 15.0 Å². The Labute approximate surface area is 318 Å². The number of aromatic nitrogens is 3. The second kappa shape index (κ2) is 12.2. The molecule has 1 aromatic heterocycles. The van der Waals surface area contributed by atoms with Gasteiger partial charge >= 0.3 is 0 Å². The van der Waals surface area contributed by atoms with E-state index in [1.807, 2.05) is 30.0 Å². The lowest BCUT2D eigenvalue weighted by Gasteiger charge is -2.40. The molecular weight excluding hydrogens is 675 g/mol. The minimum Gasteiger partial charge on any atom is -0.208 e. The van der Waals surface area contributed by atoms with Gasteiger partial charge in [-0.1, -0.05) is 194 Å². The van der Waals surface area contributed by atoms with E-state index in [0.717, 1.165) is 38.6 Å². The second-order valence-corrected chi connectivity index (χ2v) is 14.9. The lowest BCUT2D eigenvalue weighted by molar-refractivity contribution is 0.723. The Kier molecular flexibility index (Phi) is 7.01. The highest BCUT2D eigenvalue weighted by Gasteiger charge is 2.50. The van der Waals surface area contributed by atoms with E-state index in [9.17, 15) is 0 Å². The molecule has 0 unspecified atom stereocenters. The number of hydrogen-bond donors (Lipinski definition) is 0. The Balaban J connectivity index is 1.17. The molecule has 0 atom stereocenters. The lowest BCUT2D eigenvalue weighted by Crippen LogP contribution is -2.32. The molecule has 0 bridgehead atoms. The van der Waals surface area contributed by atoms with E-state index in [2.05, 4.69) is 170 Å². The van der Waals surface area contributed by atoms with Crippen LogP contribution < -0.4 is 0 Å². The summed E-state index contributed by atoms with van der Waals surface area (Å²) in [5.74, 6) is 1.95. The average molecular weight is 706 g/mol. The monoisotopic (exact) mass is 705 g/mol. The summed E-state index contributed by atoms with van der Waals surface area (Å²) < 4.78 is 0. The van der Waals surface area contributed by atoms with Gasteiger partial charge in [0.05, 0.1) is 5.41 Å². The molecule has 1 aliphatic heterocycles. The third-order valence-electron chi connectivity index (χ3n) is 11.0. The molecule has 2 heterocycles. The van der Waals surface area contributed by atoms with Crippen molar-refractivity contribution in [3.05, 3.63) is 210 Å². The first-order chi connectivity index (χ1) is 26.8. The molecule has 3 nitrogen and oxygen atoms in total. The molecule has 11 rings (SSSR count). The zero-order chi connectivity index (χ0) is 35.6. The fourth-order valence-electron chi connectivity index (χ4n) is 8.76. The van der Waals surface area contributed by atoms with Crippen molar-refractivity contribution in [2.75, 3.05) is 0 Å². The van der Waals surface area contributed by atoms with Crippen LogP contribution in [0.15, 0.2) is 198 Å². The Morgan fingerprint density at radius 3 is 1.61 bits per heavy atom. The Morgan fingerprint density at radius 2 is 0.833 bits per heavy atom. The molecule has 54 heavy (non-hydrogen) atoms. The molecule has 0 amide bonds. The highest BCUT2D eigenvalue weighted by Crippen LogP contribution is 2.63. The van der Waals surface area contributed by atoms with Crippen molar-refractivity contribution in [2.24, 2.45) is 0 Å². The van der Waals surface area contributed by atoms with Crippen molar-refractivity contribution < 1.29 is 0 Å². The number of hydrogen-bond acceptors (Lipinski definition) is 4. The molecule has 1 aliphatic carbocycles. The molecule has 0 N–H and O–H groups in total. The highest BCUT2D eigenvalue weighted by molar-refractivity contribution is 7.99. The van der Waals surface area contributed by atoms with E-state index in [1.165, 1.54) is 43.2 Å². The largest absolute Gasteiger partial charge is 0.208 e. The first kappa shape index (κ1) is 31.0. The fourth-order valence-corrected chi connectivity index (χ4v) is 10.1. The van der Waals surface area contributed by atoms with Gasteiger partial charge in [0, 0.05) is 26.5 Å². The van der Waals surface area contributed by atoms with Gasteiger partial charge in [-0.25, -0.2) is 15.0 Å². The van der Waals surface area contributed by atoms with E-state index in [4.69, 9.17) is 15.0 Å². The van der Waals surface area contributed by atoms with Crippen LogP contribution in [-0.4, -0.2) is 15.0 Å². The van der Waals surface area contributed by atoms with E-state index in [1.54, 1.807) is 0 Å². The molecule has 0 radical (unpaired) electrons. The highest BCUT2D eigenvalue weighted by atomic mass is 32.2. The number of benzene rings is 8. The SMILES string of the molecule is c1ccc(-c2nc(-c3ccccc3-c3cccc4c3Sc3ccccc3C43c4ccccc4-c4ccccc43)nc(-c3cccc4ccccc34)n2)cc1. The van der Waals surface area contributed by atoms with Crippen molar-refractivity contribution in [1.29, 1.82) is 0 Å². The van der Waals surface area contributed by atoms with Crippen LogP contribution in [0.2, 0.25) is 0 Å². The smallest absolute Gasteiger partial charge is 0.164 e. The fraction of sp³-hybridized carbons (Fsp3) is 0.0200. The van der Waals surface area contributed by atoms with Crippen molar-refractivity contribution in [3.8, 4) is 56.4 Å². The number of nitrogens with zero attached hydrogens (tertiary/aromatic N) is 3. The Morgan fingerprint density at radius 1 is 0.333 bits per heavy atom. The van der Waals surface area contributed by atoms with Gasteiger partial charge in [-0.2, -0.15) is 0 Å². The minimum absolute atomic E-state index is 0.454. The molecule has 0 fully saturated rings. The van der Waals surface area contributed by atoms with Crippen LogP contribution in [-0.2, 0) is 5.41 Å². The lowest BCUT2D eigenvalue weighted by atomic mass is 9.67. The molecule has 1 spiro atoms. The van der Waals surface area contributed by atoms with Gasteiger partial charge in [-0.05, 0) is 61.3 Å². The first-order valence-electron chi connectivity index (χ1n) is 18.3. The normalized spacial score (nSPS) is 13.3. The van der Waals surface area contributed by atoms with Crippen LogP contribution in [0.25, 0.3) is 67.2 Å². The Bertz CT molecular complexity index is 2880. The van der Waals surface area contributed by atoms with E-state index in [-0.39, 0.29) is 0 Å². The third kappa shape index (κ3) is 4.54. The van der Waals surface area contributed by atoms with E-state index in [0.29, 0.717) is 17.5 Å². The summed E-state index contributed by atoms with van der Waals surface area (Å²) in [6.07, 6.45) is 0. The molecule has 8 aromatic carbocycles. The van der Waals surface area contributed by atoms with Gasteiger partial charge in [0.1, 0.15) is 0 Å². The maximum atomic E-state index is 5.29. The van der Waals surface area contributed by atoms with Crippen LogP contribution in [0, 0.1) is 0 Å². The summed E-state index contributed by atoms with van der Waals surface area (Å²) in [5.41, 5.74) is 12.6. The summed E-state index contributed by atoms with van der Waals surface area (Å²) in [6, 6.07) is 67.3. The molecule has 4 heteroatoms. The van der Waals surface area contributed by atoms with Gasteiger partial charge in [0.25, 0.3) is 0 Å². The topological polar surface area (TPSA) is 38.7 Å². The standard InChI is InChI=1S/C50H31N3S/c1-2-17-33(18-3-1)47-51-48(39-26-14-19-32-16-4-5-20-34(32)39)53-49(52-47)40-24-7-6-21-35(40)38-25-15-30-44-46(38)54-45-31-13-12-29-43(45)50(44)41-27-10-8-22-36(41)37-23-9-11-28-42(37)50/h1-31H. The maximum absolute atomic E-state index is 5.29. The summed E-state index contributed by atoms with van der Waals surface area (Å²) in [7, 11) is 0. The van der Waals surface area contributed by atoms with E-state index < -0.39 is 5.41 Å². The molecule has 0 saturated carbocycles. The summed E-state index contributed by atoms with van der Waals surface area (Å²) in [4.78, 5) is 18.1. The molecule has 2 aliphatic rings. The van der Waals surface area contributed by atoms with Crippen LogP contribution in [0.3, 0.4) is 0 Å². The van der Waals surface area contributed by atoms with Crippen molar-refractivity contribution >= 4 is 22.5 Å². The average Bonchev–Trinajstić information content (AvgIpc) is 3.54. The summed E-state index contributed by atoms with van der Waals surface area (Å²) in [5, 5.41) is 2.26. The van der Waals surface area contributed by atoms with Crippen LogP contribution in [0.1, 0.15) is 22.3 Å². The summed E-state index contributed by atoms with van der Waals surface area (Å²) >= 11 is 1.87. The van der Waals surface area contributed by atoms with E-state index >= 15 is 0 Å². The molecule has 252 valence electrons. The summed E-state index contributed by atoms with van der Waals surface area (Å²) in [6.45, 7) is 0. The first-order valence-corrected chi connectivity index (χ1v) is 19.1. The van der Waals surface area contributed by atoms with Crippen molar-refractivity contribution in [3.63, 3.8) is 0 Å². The maximum Gasteiger partial charge on any atom is 0.164 e. The predicted molar refractivity (Wildman–Crippen MR) is 221 cm³/mol. The van der Waals surface area contributed by atoms with Crippen LogP contribution >= 0.6 is 11.8 Å². The Hall–Kier alpha value is -6.62.